The predicted molar refractivity (Wildman–Crippen MR) is 138 cm³/mol. The first-order valence-electron chi connectivity index (χ1n) is 10.9. The first-order chi connectivity index (χ1) is 15.4. The van der Waals surface area contributed by atoms with Crippen LogP contribution in [0.25, 0.3) is 39.1 Å². The van der Waals surface area contributed by atoms with Gasteiger partial charge in [0.25, 0.3) is 0 Å². The minimum absolute atomic E-state index is 0.380. The highest BCUT2D eigenvalue weighted by Gasteiger charge is 2.19. The van der Waals surface area contributed by atoms with Gasteiger partial charge in [-0.2, -0.15) is 5.10 Å². The van der Waals surface area contributed by atoms with Crippen LogP contribution < -0.4 is 0 Å². The fraction of sp³-hybridized carbons (Fsp3) is 0.214. The van der Waals surface area contributed by atoms with E-state index < -0.39 is 0 Å². The second-order valence-electron chi connectivity index (χ2n) is 7.15. The number of aliphatic hydroxyl groups is 1. The predicted octanol–water partition coefficient (Wildman–Crippen LogP) is 8.06. The summed E-state index contributed by atoms with van der Waals surface area (Å²) in [7, 11) is 0. The molecule has 0 atom stereocenters. The molecule has 1 N–H and O–H groups in total. The molecule has 0 spiro atoms. The number of nitrogens with zero attached hydrogens (tertiary/aromatic N) is 3. The second-order valence-corrected chi connectivity index (χ2v) is 7.15. The van der Waals surface area contributed by atoms with Crippen molar-refractivity contribution in [3.63, 3.8) is 0 Å². The van der Waals surface area contributed by atoms with E-state index in [1.165, 1.54) is 0 Å². The lowest BCUT2D eigenvalue weighted by Crippen LogP contribution is -1.99. The highest BCUT2D eigenvalue weighted by atomic mass is 16.3. The van der Waals surface area contributed by atoms with Crippen molar-refractivity contribution in [3.05, 3.63) is 90.8 Å². The molecular formula is C28H33N3O. The number of rotatable bonds is 3. The number of hydrogen-bond acceptors (Lipinski definition) is 3. The number of benzene rings is 2. The summed E-state index contributed by atoms with van der Waals surface area (Å²) in [5.74, 6) is 0.380. The van der Waals surface area contributed by atoms with E-state index in [1.54, 1.807) is 19.9 Å². The Bertz CT molecular complexity index is 1190. The molecule has 0 amide bonds. The summed E-state index contributed by atoms with van der Waals surface area (Å²) >= 11 is 0. The van der Waals surface area contributed by atoms with Crippen LogP contribution in [0.5, 0.6) is 0 Å². The van der Waals surface area contributed by atoms with E-state index in [9.17, 15) is 0 Å². The fourth-order valence-corrected chi connectivity index (χ4v) is 3.25. The molecule has 4 rings (SSSR count). The minimum Gasteiger partial charge on any atom is -0.513 e. The van der Waals surface area contributed by atoms with Gasteiger partial charge in [-0.15, -0.1) is 0 Å². The smallest absolute Gasteiger partial charge is 0.0963 e. The van der Waals surface area contributed by atoms with Crippen molar-refractivity contribution in [2.45, 2.75) is 41.5 Å². The highest BCUT2D eigenvalue weighted by molar-refractivity contribution is 5.95. The van der Waals surface area contributed by atoms with E-state index in [0.717, 1.165) is 44.7 Å². The molecule has 0 bridgehead atoms. The third-order valence-electron chi connectivity index (χ3n) is 4.84. The van der Waals surface area contributed by atoms with Gasteiger partial charge in [0, 0.05) is 34.0 Å². The van der Waals surface area contributed by atoms with Crippen molar-refractivity contribution in [1.29, 1.82) is 0 Å². The number of aromatic nitrogens is 3. The minimum atomic E-state index is 0.380. The van der Waals surface area contributed by atoms with Crippen molar-refractivity contribution < 1.29 is 5.11 Å². The third-order valence-corrected chi connectivity index (χ3v) is 4.84. The summed E-state index contributed by atoms with van der Waals surface area (Å²) in [5.41, 5.74) is 7.21. The molecule has 0 aliphatic heterocycles. The maximum Gasteiger partial charge on any atom is 0.0963 e. The largest absolute Gasteiger partial charge is 0.513 e. The van der Waals surface area contributed by atoms with Gasteiger partial charge in [0.1, 0.15) is 0 Å². The molecule has 4 aromatic rings. The number of aliphatic hydroxyl groups excluding tert-OH is 1. The molecule has 4 heteroatoms. The zero-order valence-electron chi connectivity index (χ0n) is 19.9. The topological polar surface area (TPSA) is 50.9 Å². The molecule has 0 aliphatic carbocycles. The van der Waals surface area contributed by atoms with Crippen LogP contribution in [0.1, 0.15) is 40.2 Å². The zero-order valence-corrected chi connectivity index (χ0v) is 19.9. The molecule has 0 unspecified atom stereocenters. The second kappa shape index (κ2) is 11.7. The SMILES string of the molecule is C/C=C(\C)O.C=C(C)n1nc(-c2ccccc2)c(C)c1-c1cccc2cccnc12.CC. The van der Waals surface area contributed by atoms with E-state index in [4.69, 9.17) is 10.2 Å². The van der Waals surface area contributed by atoms with Crippen LogP contribution in [-0.2, 0) is 0 Å². The van der Waals surface area contributed by atoms with Crippen LogP contribution in [-0.4, -0.2) is 19.9 Å². The van der Waals surface area contributed by atoms with Gasteiger partial charge in [-0.3, -0.25) is 4.98 Å². The molecule has 0 radical (unpaired) electrons. The van der Waals surface area contributed by atoms with E-state index >= 15 is 0 Å². The van der Waals surface area contributed by atoms with Crippen molar-refractivity contribution in [1.82, 2.24) is 14.8 Å². The maximum atomic E-state index is 8.22. The van der Waals surface area contributed by atoms with Crippen molar-refractivity contribution in [3.8, 4) is 22.5 Å². The number of pyridine rings is 1. The van der Waals surface area contributed by atoms with Gasteiger partial charge in [-0.1, -0.05) is 81.1 Å². The Balaban J connectivity index is 0.000000460. The molecule has 166 valence electrons. The number of allylic oxidation sites excluding steroid dienone is 3. The first kappa shape index (κ1) is 24.6. The molecule has 0 saturated carbocycles. The summed E-state index contributed by atoms with van der Waals surface area (Å²) in [6.07, 6.45) is 3.47. The zero-order chi connectivity index (χ0) is 23.7. The Morgan fingerprint density at radius 2 is 1.59 bits per heavy atom. The van der Waals surface area contributed by atoms with Gasteiger partial charge in [0.05, 0.1) is 22.7 Å². The van der Waals surface area contributed by atoms with Gasteiger partial charge < -0.3 is 5.11 Å². The van der Waals surface area contributed by atoms with Crippen LogP contribution in [0.4, 0.5) is 0 Å². The molecule has 4 nitrogen and oxygen atoms in total. The fourth-order valence-electron chi connectivity index (χ4n) is 3.25. The van der Waals surface area contributed by atoms with Gasteiger partial charge >= 0.3 is 0 Å². The lowest BCUT2D eigenvalue weighted by molar-refractivity contribution is 0.413. The molecule has 2 heterocycles. The summed E-state index contributed by atoms with van der Waals surface area (Å²) in [6.45, 7) is 15.6. The van der Waals surface area contributed by atoms with Gasteiger partial charge in [-0.05, 0) is 33.8 Å². The van der Waals surface area contributed by atoms with Gasteiger partial charge in [0.15, 0.2) is 0 Å². The van der Waals surface area contributed by atoms with Crippen LogP contribution in [0, 0.1) is 6.92 Å². The average Bonchev–Trinajstić information content (AvgIpc) is 3.18. The number of fused-ring (bicyclic) bond motifs is 1. The molecule has 0 saturated heterocycles. The normalized spacial score (nSPS) is 10.6. The average molecular weight is 428 g/mol. The molecule has 2 aromatic heterocycles. The molecule has 2 aromatic carbocycles. The number of hydrogen-bond donors (Lipinski definition) is 1. The van der Waals surface area contributed by atoms with Crippen LogP contribution in [0.2, 0.25) is 0 Å². The molecule has 0 fully saturated rings. The molecular weight excluding hydrogens is 394 g/mol. The van der Waals surface area contributed by atoms with E-state index in [1.807, 2.05) is 55.9 Å². The standard InChI is InChI=1S/C22H19N3.C4H8O.C2H6/c1-15(2)25-22(16(3)20(24-25)17-9-5-4-6-10-17)19-13-7-11-18-12-8-14-23-21(18)19;1-3-4(2)5;1-2/h4-14H,1H2,2-3H3;3,5H,1-2H3;1-2H3/b;4-3+;. The van der Waals surface area contributed by atoms with E-state index in [0.29, 0.717) is 5.76 Å². The van der Waals surface area contributed by atoms with Crippen LogP contribution in [0.15, 0.2) is 85.3 Å². The van der Waals surface area contributed by atoms with Gasteiger partial charge in [0.2, 0.25) is 0 Å². The van der Waals surface area contributed by atoms with Crippen molar-refractivity contribution in [2.24, 2.45) is 0 Å². The Kier molecular flexibility index (Phi) is 8.96. The summed E-state index contributed by atoms with van der Waals surface area (Å²) in [4.78, 5) is 4.61. The van der Waals surface area contributed by atoms with Crippen LogP contribution >= 0.6 is 0 Å². The van der Waals surface area contributed by atoms with Crippen molar-refractivity contribution in [2.75, 3.05) is 0 Å². The maximum absolute atomic E-state index is 8.22. The van der Waals surface area contributed by atoms with Gasteiger partial charge in [-0.25, -0.2) is 4.68 Å². The Morgan fingerprint density at radius 3 is 2.19 bits per heavy atom. The lowest BCUT2D eigenvalue weighted by atomic mass is 10.0. The van der Waals surface area contributed by atoms with E-state index in [-0.39, 0.29) is 0 Å². The summed E-state index contributed by atoms with van der Waals surface area (Å²) in [5, 5.41) is 14.2. The monoisotopic (exact) mass is 427 g/mol. The Labute approximate surface area is 191 Å². The lowest BCUT2D eigenvalue weighted by Gasteiger charge is -2.10. The van der Waals surface area contributed by atoms with Crippen LogP contribution in [0.3, 0.4) is 0 Å². The summed E-state index contributed by atoms with van der Waals surface area (Å²) < 4.78 is 1.93. The summed E-state index contributed by atoms with van der Waals surface area (Å²) in [6, 6.07) is 20.6. The van der Waals surface area contributed by atoms with Crippen molar-refractivity contribution >= 4 is 16.6 Å². The third kappa shape index (κ3) is 5.52. The quantitative estimate of drug-likeness (QED) is 0.336. The molecule has 0 aliphatic rings. The Morgan fingerprint density at radius 1 is 0.969 bits per heavy atom. The number of para-hydroxylation sites is 1. The van der Waals surface area contributed by atoms with E-state index in [2.05, 4.69) is 54.9 Å². The molecule has 32 heavy (non-hydrogen) atoms. The highest BCUT2D eigenvalue weighted by Crippen LogP contribution is 2.35. The first-order valence-corrected chi connectivity index (χ1v) is 10.9. The Hall–Kier alpha value is -3.66.